The number of aliphatic hydroxyl groups is 2. The summed E-state index contributed by atoms with van der Waals surface area (Å²) in [4.78, 5) is 0. The van der Waals surface area contributed by atoms with Crippen LogP contribution in [0.25, 0.3) is 11.0 Å². The molecule has 0 aliphatic heterocycles. The SMILES string of the molecule is Cc1ccc(Nc2c(F)c(F)c3ccoc3c2NS(=O)(=O)C2(CC(O)CO)CC2)c(F)c1. The number of halogens is 3. The Hall–Kier alpha value is -2.76. The van der Waals surface area contributed by atoms with Crippen LogP contribution in [0.5, 0.6) is 0 Å². The maximum atomic E-state index is 15.0. The molecule has 7 nitrogen and oxygen atoms in total. The number of aryl methyl sites for hydroxylation is 1. The number of hydrogen-bond donors (Lipinski definition) is 4. The molecule has 1 aliphatic carbocycles. The zero-order valence-electron chi connectivity index (χ0n) is 17.0. The van der Waals surface area contributed by atoms with Gasteiger partial charge in [-0.3, -0.25) is 4.72 Å². The van der Waals surface area contributed by atoms with Crippen LogP contribution in [0.4, 0.5) is 30.2 Å². The molecule has 4 rings (SSSR count). The smallest absolute Gasteiger partial charge is 0.238 e. The van der Waals surface area contributed by atoms with Crippen molar-refractivity contribution in [1.29, 1.82) is 0 Å². The Morgan fingerprint density at radius 2 is 1.88 bits per heavy atom. The van der Waals surface area contributed by atoms with Crippen molar-refractivity contribution in [3.8, 4) is 0 Å². The van der Waals surface area contributed by atoms with Crippen LogP contribution in [-0.4, -0.2) is 36.1 Å². The summed E-state index contributed by atoms with van der Waals surface area (Å²) < 4.78 is 76.4. The van der Waals surface area contributed by atoms with E-state index in [1.165, 1.54) is 12.1 Å². The van der Waals surface area contributed by atoms with Gasteiger partial charge in [0.25, 0.3) is 0 Å². The summed E-state index contributed by atoms with van der Waals surface area (Å²) in [6.07, 6.45) is -0.00990. The first-order chi connectivity index (χ1) is 15.1. The second-order valence-corrected chi connectivity index (χ2v) is 10.1. The fourth-order valence-electron chi connectivity index (χ4n) is 3.66. The summed E-state index contributed by atoms with van der Waals surface area (Å²) in [6, 6.07) is 5.18. The minimum absolute atomic E-state index is 0.197. The highest BCUT2D eigenvalue weighted by atomic mass is 32.2. The lowest BCUT2D eigenvalue weighted by Crippen LogP contribution is -2.34. The highest BCUT2D eigenvalue weighted by Gasteiger charge is 2.55. The first-order valence-corrected chi connectivity index (χ1v) is 11.3. The lowest BCUT2D eigenvalue weighted by molar-refractivity contribution is 0.0858. The van der Waals surface area contributed by atoms with Gasteiger partial charge in [-0.15, -0.1) is 0 Å². The Labute approximate surface area is 181 Å². The van der Waals surface area contributed by atoms with E-state index in [1.54, 1.807) is 13.0 Å². The van der Waals surface area contributed by atoms with Crippen LogP contribution in [0.3, 0.4) is 0 Å². The lowest BCUT2D eigenvalue weighted by atomic mass is 10.1. The van der Waals surface area contributed by atoms with Gasteiger partial charge in [-0.1, -0.05) is 6.07 Å². The molecule has 1 heterocycles. The number of rotatable bonds is 8. The molecule has 0 radical (unpaired) electrons. The summed E-state index contributed by atoms with van der Waals surface area (Å²) in [5.41, 5.74) is -0.943. The zero-order chi connectivity index (χ0) is 23.3. The molecule has 32 heavy (non-hydrogen) atoms. The Balaban J connectivity index is 1.82. The van der Waals surface area contributed by atoms with E-state index in [0.717, 1.165) is 12.3 Å². The molecule has 11 heteroatoms. The van der Waals surface area contributed by atoms with Crippen molar-refractivity contribution in [2.75, 3.05) is 16.6 Å². The van der Waals surface area contributed by atoms with E-state index in [0.29, 0.717) is 5.56 Å². The molecule has 1 aliphatic rings. The number of furan rings is 1. The third kappa shape index (κ3) is 3.80. The van der Waals surface area contributed by atoms with E-state index in [1.807, 2.05) is 0 Å². The number of hydrogen-bond acceptors (Lipinski definition) is 6. The van der Waals surface area contributed by atoms with E-state index in [9.17, 15) is 22.3 Å². The predicted octanol–water partition coefficient (Wildman–Crippen LogP) is 3.92. The Bertz CT molecular complexity index is 1290. The summed E-state index contributed by atoms with van der Waals surface area (Å²) in [7, 11) is -4.24. The molecule has 1 fully saturated rings. The molecule has 1 unspecified atom stereocenters. The van der Waals surface area contributed by atoms with Crippen molar-refractivity contribution in [2.24, 2.45) is 0 Å². The van der Waals surface area contributed by atoms with E-state index >= 15 is 4.39 Å². The van der Waals surface area contributed by atoms with Gasteiger partial charge in [-0.05, 0) is 49.9 Å². The fourth-order valence-corrected chi connectivity index (χ4v) is 5.39. The van der Waals surface area contributed by atoms with Crippen LogP contribution in [0.1, 0.15) is 24.8 Å². The number of nitrogens with one attached hydrogen (secondary N) is 2. The third-order valence-electron chi connectivity index (χ3n) is 5.61. The normalized spacial score (nSPS) is 16.2. The van der Waals surface area contributed by atoms with Crippen LogP contribution in [0.2, 0.25) is 0 Å². The van der Waals surface area contributed by atoms with E-state index in [4.69, 9.17) is 9.52 Å². The zero-order valence-corrected chi connectivity index (χ0v) is 17.8. The molecule has 2 aromatic carbocycles. The molecular weight excluding hydrogens is 449 g/mol. The first-order valence-electron chi connectivity index (χ1n) is 9.81. The van der Waals surface area contributed by atoms with Gasteiger partial charge in [0.1, 0.15) is 17.2 Å². The molecule has 1 saturated carbocycles. The van der Waals surface area contributed by atoms with Gasteiger partial charge < -0.3 is 19.9 Å². The average molecular weight is 470 g/mol. The van der Waals surface area contributed by atoms with Gasteiger partial charge in [0.05, 0.1) is 34.8 Å². The second-order valence-electron chi connectivity index (χ2n) is 7.98. The summed E-state index contributed by atoms with van der Waals surface area (Å²) >= 11 is 0. The minimum atomic E-state index is -4.24. The van der Waals surface area contributed by atoms with Crippen molar-refractivity contribution >= 4 is 38.1 Å². The Morgan fingerprint density at radius 3 is 2.50 bits per heavy atom. The van der Waals surface area contributed by atoms with E-state index in [2.05, 4.69) is 10.0 Å². The molecular formula is C21H21F3N2O5S. The Kier molecular flexibility index (Phi) is 5.60. The first kappa shape index (κ1) is 22.4. The number of benzene rings is 2. The van der Waals surface area contributed by atoms with Gasteiger partial charge in [0.2, 0.25) is 10.0 Å². The topological polar surface area (TPSA) is 112 Å². The van der Waals surface area contributed by atoms with Crippen molar-refractivity contribution < 1.29 is 36.2 Å². The average Bonchev–Trinajstić information content (AvgIpc) is 3.36. The summed E-state index contributed by atoms with van der Waals surface area (Å²) in [5, 5.41) is 21.0. The summed E-state index contributed by atoms with van der Waals surface area (Å²) in [5.74, 6) is -3.46. The molecule has 0 saturated heterocycles. The van der Waals surface area contributed by atoms with Crippen LogP contribution < -0.4 is 10.0 Å². The molecule has 0 bridgehead atoms. The number of anilines is 3. The predicted molar refractivity (Wildman–Crippen MR) is 113 cm³/mol. The van der Waals surface area contributed by atoms with Gasteiger partial charge in [0, 0.05) is 0 Å². The Morgan fingerprint density at radius 1 is 1.16 bits per heavy atom. The lowest BCUT2D eigenvalue weighted by Gasteiger charge is -2.22. The third-order valence-corrected chi connectivity index (χ3v) is 7.80. The van der Waals surface area contributed by atoms with Gasteiger partial charge in [-0.25, -0.2) is 21.6 Å². The van der Waals surface area contributed by atoms with Gasteiger partial charge >= 0.3 is 0 Å². The van der Waals surface area contributed by atoms with E-state index in [-0.39, 0.29) is 35.9 Å². The summed E-state index contributed by atoms with van der Waals surface area (Å²) in [6.45, 7) is 1.03. The number of sulfonamides is 1. The minimum Gasteiger partial charge on any atom is -0.462 e. The molecule has 3 aromatic rings. The van der Waals surface area contributed by atoms with Crippen molar-refractivity contribution in [3.63, 3.8) is 0 Å². The maximum Gasteiger partial charge on any atom is 0.238 e. The number of aliphatic hydroxyl groups excluding tert-OH is 2. The fraction of sp³-hybridized carbons (Fsp3) is 0.333. The second kappa shape index (κ2) is 7.98. The maximum absolute atomic E-state index is 15.0. The van der Waals surface area contributed by atoms with Crippen molar-refractivity contribution in [3.05, 3.63) is 53.5 Å². The molecule has 1 atom stereocenters. The van der Waals surface area contributed by atoms with Crippen molar-refractivity contribution in [2.45, 2.75) is 37.0 Å². The highest BCUT2D eigenvalue weighted by Crippen LogP contribution is 2.49. The quantitative estimate of drug-likeness (QED) is 0.397. The van der Waals surface area contributed by atoms with E-state index < -0.39 is 56.3 Å². The monoisotopic (exact) mass is 470 g/mol. The molecule has 4 N–H and O–H groups in total. The largest absolute Gasteiger partial charge is 0.462 e. The van der Waals surface area contributed by atoms with Crippen molar-refractivity contribution in [1.82, 2.24) is 0 Å². The van der Waals surface area contributed by atoms with Crippen LogP contribution in [-0.2, 0) is 10.0 Å². The van der Waals surface area contributed by atoms with Gasteiger partial charge in [0.15, 0.2) is 17.2 Å². The van der Waals surface area contributed by atoms with Crippen LogP contribution in [0.15, 0.2) is 34.9 Å². The number of fused-ring (bicyclic) bond motifs is 1. The van der Waals surface area contributed by atoms with Gasteiger partial charge in [-0.2, -0.15) is 0 Å². The van der Waals surface area contributed by atoms with Crippen LogP contribution >= 0.6 is 0 Å². The highest BCUT2D eigenvalue weighted by molar-refractivity contribution is 7.94. The van der Waals surface area contributed by atoms with Crippen LogP contribution in [0, 0.1) is 24.4 Å². The molecule has 1 aromatic heterocycles. The molecule has 172 valence electrons. The molecule has 0 spiro atoms. The molecule has 0 amide bonds. The standard InChI is InChI=1S/C21H21F3N2O5S/c1-11-2-3-15(14(22)8-11)25-18-17(24)16(23)13-4-7-31-20(13)19(18)26-32(29,30)21(5-6-21)9-12(28)10-27/h2-4,7-8,12,25-28H,5-6,9-10H2,1H3.